The fraction of sp³-hybridized carbons (Fsp3) is 0.800. The number of carbonyl (C=O) groups is 7. The maximum atomic E-state index is 13.0. The largest absolute Gasteiger partial charge is 0.480 e. The summed E-state index contributed by atoms with van der Waals surface area (Å²) in [4.78, 5) is 94.2. The van der Waals surface area contributed by atoms with E-state index in [4.69, 9.17) is 0 Å². The fourth-order valence-corrected chi connectivity index (χ4v) is 6.81. The number of aliphatic carboxylic acids is 3. The van der Waals surface area contributed by atoms with Crippen molar-refractivity contribution in [2.45, 2.75) is 83.7 Å². The van der Waals surface area contributed by atoms with Crippen molar-refractivity contribution in [1.29, 1.82) is 0 Å². The van der Waals surface area contributed by atoms with Crippen LogP contribution in [-0.4, -0.2) is 208 Å². The molecule has 56 heavy (non-hydrogen) atoms. The van der Waals surface area contributed by atoms with E-state index in [0.29, 0.717) is 71.4 Å². The maximum Gasteiger partial charge on any atom is 0.475 e. The molecule has 8 N–H and O–H groups in total. The normalized spacial score (nSPS) is 19.3. The summed E-state index contributed by atoms with van der Waals surface area (Å²) >= 11 is 0. The van der Waals surface area contributed by atoms with Crippen LogP contribution in [0.2, 0.25) is 0 Å². The lowest BCUT2D eigenvalue weighted by Crippen LogP contribution is -2.56. The van der Waals surface area contributed by atoms with Crippen molar-refractivity contribution in [3.05, 3.63) is 0 Å². The summed E-state index contributed by atoms with van der Waals surface area (Å²) in [5.74, 6) is -5.53. The molecule has 2 aliphatic rings. The Morgan fingerprint density at radius 2 is 1.09 bits per heavy atom. The topological polar surface area (TPSA) is 273 Å². The van der Waals surface area contributed by atoms with Crippen LogP contribution in [-0.2, 0) is 33.6 Å². The Bertz CT molecular complexity index is 1280. The Balaban J connectivity index is 1.78. The van der Waals surface area contributed by atoms with E-state index in [1.54, 1.807) is 28.5 Å². The molecule has 0 saturated carbocycles. The van der Waals surface area contributed by atoms with E-state index < -0.39 is 54.9 Å². The number of likely N-dealkylation sites (tertiary alicyclic amines) is 1. The average molecular weight is 799 g/mol. The highest BCUT2D eigenvalue weighted by atomic mass is 16.4. The Morgan fingerprint density at radius 1 is 0.625 bits per heavy atom. The molecule has 4 amide bonds. The van der Waals surface area contributed by atoms with Gasteiger partial charge in [-0.1, -0.05) is 26.7 Å². The van der Waals surface area contributed by atoms with E-state index in [2.05, 4.69) is 16.0 Å². The van der Waals surface area contributed by atoms with E-state index in [0.717, 1.165) is 6.42 Å². The lowest BCUT2D eigenvalue weighted by Gasteiger charge is -2.32. The van der Waals surface area contributed by atoms with Gasteiger partial charge in [0.25, 0.3) is 0 Å². The van der Waals surface area contributed by atoms with Crippen LogP contribution in [0.3, 0.4) is 0 Å². The fourth-order valence-electron chi connectivity index (χ4n) is 6.81. The summed E-state index contributed by atoms with van der Waals surface area (Å²) in [6.07, 6.45) is 3.93. The van der Waals surface area contributed by atoms with Crippen molar-refractivity contribution in [3.63, 3.8) is 0 Å². The van der Waals surface area contributed by atoms with Crippen molar-refractivity contribution < 1.29 is 58.9 Å². The molecule has 318 valence electrons. The molecule has 0 bridgehead atoms. The molecule has 0 aromatic rings. The second kappa shape index (κ2) is 25.4. The van der Waals surface area contributed by atoms with E-state index >= 15 is 0 Å². The second-order valence-corrected chi connectivity index (χ2v) is 15.0. The van der Waals surface area contributed by atoms with Crippen LogP contribution in [0.1, 0.15) is 65.7 Å². The average Bonchev–Trinajstić information content (AvgIpc) is 3.60. The van der Waals surface area contributed by atoms with Crippen LogP contribution in [0.5, 0.6) is 0 Å². The Kier molecular flexibility index (Phi) is 21.9. The van der Waals surface area contributed by atoms with Crippen LogP contribution in [0.4, 0.5) is 0 Å². The standard InChI is InChI=1S/C35H63BN8O12/c1-25(2)33(34(53)38-26(3)35(54)44-12-8-9-27(44)36(55)56)39-28(45)10-6-4-5-7-11-37-29(46)21-40-13-15-41(22-30(47)48)17-19-43(24-32(51)52)20-18-42(16-14-40)23-31(49)50/h25-27,33,55-56H,4-24H2,1-3H3,(H,37,46)(H,38,53)(H,39,45)(H,47,48)(H,49,50)(H,51,52)/t26-,27+,33+/m1/s1. The number of unbranched alkanes of at least 4 members (excludes halogenated alkanes) is 3. The van der Waals surface area contributed by atoms with Gasteiger partial charge in [0.2, 0.25) is 23.6 Å². The Hall–Kier alpha value is -3.89. The minimum absolute atomic E-state index is 0.0230. The molecule has 2 saturated heterocycles. The van der Waals surface area contributed by atoms with Gasteiger partial charge in [0, 0.05) is 71.9 Å². The molecule has 0 radical (unpaired) electrons. The van der Waals surface area contributed by atoms with Crippen LogP contribution < -0.4 is 16.0 Å². The number of nitrogens with zero attached hydrogens (tertiary/aromatic N) is 5. The van der Waals surface area contributed by atoms with Crippen molar-refractivity contribution in [2.75, 3.05) is 91.6 Å². The Labute approximate surface area is 329 Å². The first-order valence-corrected chi connectivity index (χ1v) is 19.5. The summed E-state index contributed by atoms with van der Waals surface area (Å²) in [6.45, 7) is 7.56. The second-order valence-electron chi connectivity index (χ2n) is 15.0. The molecule has 2 aliphatic heterocycles. The van der Waals surface area contributed by atoms with Crippen LogP contribution >= 0.6 is 0 Å². The van der Waals surface area contributed by atoms with Crippen LogP contribution in [0.25, 0.3) is 0 Å². The van der Waals surface area contributed by atoms with Gasteiger partial charge >= 0.3 is 25.0 Å². The third-order valence-corrected chi connectivity index (χ3v) is 9.95. The third-order valence-electron chi connectivity index (χ3n) is 9.95. The minimum atomic E-state index is -1.66. The summed E-state index contributed by atoms with van der Waals surface area (Å²) in [5, 5.41) is 55.6. The summed E-state index contributed by atoms with van der Waals surface area (Å²) < 4.78 is 0. The number of carboxylic acids is 3. The van der Waals surface area contributed by atoms with Gasteiger partial charge in [-0.05, 0) is 38.5 Å². The molecule has 3 atom stereocenters. The van der Waals surface area contributed by atoms with Gasteiger partial charge in [0.15, 0.2) is 0 Å². The van der Waals surface area contributed by atoms with Gasteiger partial charge in [-0.2, -0.15) is 0 Å². The molecular weight excluding hydrogens is 735 g/mol. The molecule has 0 aromatic carbocycles. The number of nitrogens with one attached hydrogen (secondary N) is 3. The molecule has 0 spiro atoms. The van der Waals surface area contributed by atoms with E-state index in [1.165, 1.54) is 11.8 Å². The first kappa shape index (κ1) is 48.3. The van der Waals surface area contributed by atoms with E-state index in [9.17, 15) is 58.9 Å². The number of hydrogen-bond acceptors (Lipinski definition) is 13. The summed E-state index contributed by atoms with van der Waals surface area (Å²) in [7, 11) is -1.66. The monoisotopic (exact) mass is 798 g/mol. The lowest BCUT2D eigenvalue weighted by atomic mass is 9.78. The van der Waals surface area contributed by atoms with Gasteiger partial charge in [0.1, 0.15) is 12.1 Å². The van der Waals surface area contributed by atoms with Gasteiger partial charge in [-0.25, -0.2) is 0 Å². The van der Waals surface area contributed by atoms with Crippen molar-refractivity contribution in [1.82, 2.24) is 40.4 Å². The molecule has 21 heteroatoms. The zero-order valence-electron chi connectivity index (χ0n) is 33.1. The van der Waals surface area contributed by atoms with E-state index in [1.807, 2.05) is 4.90 Å². The smallest absolute Gasteiger partial charge is 0.475 e. The predicted molar refractivity (Wildman–Crippen MR) is 204 cm³/mol. The first-order chi connectivity index (χ1) is 26.5. The molecule has 2 rings (SSSR count). The molecule has 2 heterocycles. The van der Waals surface area contributed by atoms with Crippen LogP contribution in [0, 0.1) is 5.92 Å². The number of hydrogen-bond donors (Lipinski definition) is 8. The summed E-state index contributed by atoms with van der Waals surface area (Å²) in [6, 6.07) is -1.78. The zero-order valence-corrected chi connectivity index (χ0v) is 33.1. The van der Waals surface area contributed by atoms with Crippen molar-refractivity contribution >= 4 is 48.7 Å². The highest BCUT2D eigenvalue weighted by Crippen LogP contribution is 2.19. The van der Waals surface area contributed by atoms with E-state index in [-0.39, 0.29) is 76.5 Å². The molecular formula is C35H63BN8O12. The van der Waals surface area contributed by atoms with Crippen molar-refractivity contribution in [2.24, 2.45) is 5.92 Å². The lowest BCUT2D eigenvalue weighted by molar-refractivity contribution is -0.140. The number of carbonyl (C=O) groups excluding carboxylic acids is 4. The van der Waals surface area contributed by atoms with Gasteiger partial charge in [-0.3, -0.25) is 53.2 Å². The number of carboxylic acid groups (broad SMARTS) is 3. The number of rotatable bonds is 21. The first-order valence-electron chi connectivity index (χ1n) is 19.5. The predicted octanol–water partition coefficient (Wildman–Crippen LogP) is -2.82. The zero-order chi connectivity index (χ0) is 41.8. The van der Waals surface area contributed by atoms with Gasteiger partial charge in [-0.15, -0.1) is 0 Å². The number of amides is 4. The molecule has 0 aliphatic carbocycles. The minimum Gasteiger partial charge on any atom is -0.480 e. The SMILES string of the molecule is CC(C)[C@H](NC(=O)CCCCCCNC(=O)CN1CCN(CC(=O)O)CCN(CC(=O)O)CCN(CC(=O)O)CC1)C(=O)N[C@H](C)C(=O)N1CCC[C@H]1B(O)O. The Morgan fingerprint density at radius 3 is 1.54 bits per heavy atom. The maximum absolute atomic E-state index is 13.0. The van der Waals surface area contributed by atoms with Gasteiger partial charge in [0.05, 0.1) is 32.1 Å². The quantitative estimate of drug-likeness (QED) is 0.0430. The molecule has 0 unspecified atom stereocenters. The van der Waals surface area contributed by atoms with Gasteiger partial charge < -0.3 is 46.2 Å². The van der Waals surface area contributed by atoms with Crippen molar-refractivity contribution in [3.8, 4) is 0 Å². The summed E-state index contributed by atoms with van der Waals surface area (Å²) in [5.41, 5.74) is 0. The molecule has 2 fully saturated rings. The molecule has 0 aromatic heterocycles. The molecule has 20 nitrogen and oxygen atoms in total. The highest BCUT2D eigenvalue weighted by molar-refractivity contribution is 6.43. The van der Waals surface area contributed by atoms with Crippen LogP contribution in [0.15, 0.2) is 0 Å². The highest BCUT2D eigenvalue weighted by Gasteiger charge is 2.39. The third kappa shape index (κ3) is 18.8.